The van der Waals surface area contributed by atoms with Crippen molar-refractivity contribution in [3.05, 3.63) is 35.5 Å². The summed E-state index contributed by atoms with van der Waals surface area (Å²) in [5, 5.41) is 20.3. The van der Waals surface area contributed by atoms with Gasteiger partial charge in [-0.1, -0.05) is 43.7 Å². The van der Waals surface area contributed by atoms with E-state index in [1.165, 1.54) is 5.57 Å². The Morgan fingerprint density at radius 2 is 2.17 bits per heavy atom. The third-order valence-electron chi connectivity index (χ3n) is 8.06. The van der Waals surface area contributed by atoms with Crippen LogP contribution in [0.15, 0.2) is 35.5 Å². The number of fused-ring (bicyclic) bond motifs is 1. The Bertz CT molecular complexity index is 795. The lowest BCUT2D eigenvalue weighted by Crippen LogP contribution is -2.46. The number of carbonyl (C=O) groups is 1. The molecule has 164 valence electrons. The number of carbonyl (C=O) groups excluding carboxylic acids is 1. The van der Waals surface area contributed by atoms with Gasteiger partial charge >= 0.3 is 5.97 Å². The van der Waals surface area contributed by atoms with Crippen LogP contribution >= 0.6 is 0 Å². The lowest BCUT2D eigenvalue weighted by atomic mass is 9.54. The highest BCUT2D eigenvalue weighted by Crippen LogP contribution is 2.66. The standard InChI is InChI=1S/C25H34FNO3/c1-17-6-9-21(28)13-20(17)8-7-19-5-4-11-24(3)22(19)10-12-25(24,16-27)18(2)15-30-23(29)14-26/h7-8,18,21-22,28H,1,4-6,9-15H2,2-3H3. The van der Waals surface area contributed by atoms with Crippen LogP contribution in [-0.4, -0.2) is 30.5 Å². The van der Waals surface area contributed by atoms with Crippen LogP contribution in [-0.2, 0) is 9.53 Å². The van der Waals surface area contributed by atoms with Crippen LogP contribution < -0.4 is 0 Å². The summed E-state index contributed by atoms with van der Waals surface area (Å²) in [5.74, 6) is -0.705. The number of allylic oxidation sites excluding steroid dienone is 4. The van der Waals surface area contributed by atoms with E-state index < -0.39 is 18.1 Å². The summed E-state index contributed by atoms with van der Waals surface area (Å²) in [7, 11) is 0. The number of rotatable bonds is 5. The first-order chi connectivity index (χ1) is 14.3. The molecule has 4 nitrogen and oxygen atoms in total. The van der Waals surface area contributed by atoms with Gasteiger partial charge in [0.15, 0.2) is 6.67 Å². The topological polar surface area (TPSA) is 70.3 Å². The van der Waals surface area contributed by atoms with E-state index in [-0.39, 0.29) is 24.0 Å². The van der Waals surface area contributed by atoms with Crippen molar-refractivity contribution in [2.24, 2.45) is 22.7 Å². The number of nitriles is 1. The van der Waals surface area contributed by atoms with E-state index in [1.807, 2.05) is 6.92 Å². The molecule has 0 heterocycles. The predicted molar refractivity (Wildman–Crippen MR) is 114 cm³/mol. The van der Waals surface area contributed by atoms with Crippen LogP contribution in [0.1, 0.15) is 65.2 Å². The molecule has 3 rings (SSSR count). The number of hydrogen-bond acceptors (Lipinski definition) is 4. The number of nitrogens with zero attached hydrogens (tertiary/aromatic N) is 1. The SMILES string of the molecule is C=C1CCC(O)CC1=CC=C1CCCC2(C)C1CCC2(C#N)C(C)COC(=O)CF. The predicted octanol–water partition coefficient (Wildman–Crippen LogP) is 5.20. The average Bonchev–Trinajstić information content (AvgIpc) is 3.05. The summed E-state index contributed by atoms with van der Waals surface area (Å²) in [4.78, 5) is 11.3. The zero-order chi connectivity index (χ0) is 21.9. The second-order valence-electron chi connectivity index (χ2n) is 9.60. The van der Waals surface area contributed by atoms with Gasteiger partial charge in [-0.2, -0.15) is 5.26 Å². The molecule has 3 fully saturated rings. The van der Waals surface area contributed by atoms with E-state index in [0.29, 0.717) is 12.3 Å². The fourth-order valence-corrected chi connectivity index (χ4v) is 6.21. The number of ether oxygens (including phenoxy) is 1. The molecule has 0 spiro atoms. The Morgan fingerprint density at radius 1 is 1.40 bits per heavy atom. The number of alkyl halides is 1. The summed E-state index contributed by atoms with van der Waals surface area (Å²) in [6.07, 6.45) is 11.0. The first-order valence-electron chi connectivity index (χ1n) is 11.2. The summed E-state index contributed by atoms with van der Waals surface area (Å²) in [5.41, 5.74) is 2.82. The first kappa shape index (κ1) is 22.7. The molecule has 5 heteroatoms. The van der Waals surface area contributed by atoms with Crippen LogP contribution in [0.25, 0.3) is 0 Å². The van der Waals surface area contributed by atoms with Crippen LogP contribution in [0.4, 0.5) is 4.39 Å². The number of aliphatic hydroxyl groups excluding tert-OH is 1. The molecule has 30 heavy (non-hydrogen) atoms. The monoisotopic (exact) mass is 415 g/mol. The third kappa shape index (κ3) is 3.99. The molecular weight excluding hydrogens is 381 g/mol. The van der Waals surface area contributed by atoms with Gasteiger partial charge in [-0.25, -0.2) is 9.18 Å². The van der Waals surface area contributed by atoms with Crippen LogP contribution in [0.3, 0.4) is 0 Å². The molecular formula is C25H34FNO3. The van der Waals surface area contributed by atoms with Gasteiger partial charge in [0.05, 0.1) is 24.2 Å². The molecule has 0 aromatic carbocycles. The molecule has 0 aromatic rings. The average molecular weight is 416 g/mol. The van der Waals surface area contributed by atoms with Crippen molar-refractivity contribution < 1.29 is 19.0 Å². The van der Waals surface area contributed by atoms with E-state index in [4.69, 9.17) is 4.74 Å². The van der Waals surface area contributed by atoms with Gasteiger partial charge < -0.3 is 9.84 Å². The largest absolute Gasteiger partial charge is 0.463 e. The van der Waals surface area contributed by atoms with Gasteiger partial charge in [0.25, 0.3) is 0 Å². The summed E-state index contributed by atoms with van der Waals surface area (Å²) in [6, 6.07) is 2.62. The van der Waals surface area contributed by atoms with Gasteiger partial charge in [0.2, 0.25) is 0 Å². The number of halogens is 1. The molecule has 0 aliphatic heterocycles. The van der Waals surface area contributed by atoms with Crippen molar-refractivity contribution in [3.63, 3.8) is 0 Å². The molecule has 0 saturated heterocycles. The van der Waals surface area contributed by atoms with Crippen molar-refractivity contribution in [1.29, 1.82) is 5.26 Å². The Balaban J connectivity index is 1.84. The maximum absolute atomic E-state index is 12.5. The molecule has 0 amide bonds. The van der Waals surface area contributed by atoms with Crippen LogP contribution in [0.2, 0.25) is 0 Å². The van der Waals surface area contributed by atoms with Gasteiger partial charge in [-0.05, 0) is 68.3 Å². The Kier molecular flexibility index (Phi) is 6.87. The highest BCUT2D eigenvalue weighted by atomic mass is 19.1. The van der Waals surface area contributed by atoms with Gasteiger partial charge in [-0.3, -0.25) is 0 Å². The highest BCUT2D eigenvalue weighted by Gasteiger charge is 2.61. The van der Waals surface area contributed by atoms with E-state index in [2.05, 4.69) is 31.7 Å². The van der Waals surface area contributed by atoms with Gasteiger partial charge in [0.1, 0.15) is 0 Å². The van der Waals surface area contributed by atoms with E-state index >= 15 is 0 Å². The lowest BCUT2D eigenvalue weighted by Gasteiger charge is -2.48. The minimum absolute atomic E-state index is 0.0828. The normalized spacial score (nSPS) is 37.6. The zero-order valence-corrected chi connectivity index (χ0v) is 18.3. The molecule has 3 aliphatic carbocycles. The second kappa shape index (κ2) is 9.06. The number of esters is 1. The van der Waals surface area contributed by atoms with Gasteiger partial charge in [0, 0.05) is 5.92 Å². The summed E-state index contributed by atoms with van der Waals surface area (Å²) < 4.78 is 17.6. The Morgan fingerprint density at radius 3 is 2.87 bits per heavy atom. The fourth-order valence-electron chi connectivity index (χ4n) is 6.21. The minimum atomic E-state index is -1.13. The molecule has 3 aliphatic rings. The van der Waals surface area contributed by atoms with E-state index in [1.54, 1.807) is 0 Å². The molecule has 0 bridgehead atoms. The first-order valence-corrected chi connectivity index (χ1v) is 11.2. The molecule has 0 radical (unpaired) electrons. The summed E-state index contributed by atoms with van der Waals surface area (Å²) in [6.45, 7) is 7.27. The van der Waals surface area contributed by atoms with Crippen molar-refractivity contribution in [3.8, 4) is 6.07 Å². The highest BCUT2D eigenvalue weighted by molar-refractivity contribution is 5.70. The van der Waals surface area contributed by atoms with Crippen molar-refractivity contribution in [2.75, 3.05) is 13.3 Å². The number of hydrogen-bond donors (Lipinski definition) is 1. The smallest absolute Gasteiger partial charge is 0.337 e. The molecule has 1 N–H and O–H groups in total. The van der Waals surface area contributed by atoms with Crippen LogP contribution in [0, 0.1) is 34.0 Å². The van der Waals surface area contributed by atoms with Crippen molar-refractivity contribution >= 4 is 5.97 Å². The maximum atomic E-state index is 12.5. The van der Waals surface area contributed by atoms with Crippen molar-refractivity contribution in [2.45, 2.75) is 71.3 Å². The van der Waals surface area contributed by atoms with E-state index in [0.717, 1.165) is 56.1 Å². The van der Waals surface area contributed by atoms with Gasteiger partial charge in [-0.15, -0.1) is 0 Å². The molecule has 0 aromatic heterocycles. The zero-order valence-electron chi connectivity index (χ0n) is 18.3. The Labute approximate surface area is 179 Å². The molecule has 5 unspecified atom stereocenters. The Hall–Kier alpha value is -1.93. The maximum Gasteiger partial charge on any atom is 0.337 e. The van der Waals surface area contributed by atoms with Crippen molar-refractivity contribution in [1.82, 2.24) is 0 Å². The quantitative estimate of drug-likeness (QED) is 0.627. The molecule has 5 atom stereocenters. The fraction of sp³-hybridized carbons (Fsp3) is 0.680. The second-order valence-corrected chi connectivity index (χ2v) is 9.60. The van der Waals surface area contributed by atoms with E-state index in [9.17, 15) is 19.6 Å². The summed E-state index contributed by atoms with van der Waals surface area (Å²) >= 11 is 0. The minimum Gasteiger partial charge on any atom is -0.463 e. The lowest BCUT2D eigenvalue weighted by molar-refractivity contribution is -0.147. The molecule has 3 saturated carbocycles. The number of aliphatic hydroxyl groups is 1. The van der Waals surface area contributed by atoms with Crippen LogP contribution in [0.5, 0.6) is 0 Å². The third-order valence-corrected chi connectivity index (χ3v) is 8.06.